The summed E-state index contributed by atoms with van der Waals surface area (Å²) in [7, 11) is 0. The van der Waals surface area contributed by atoms with Crippen LogP contribution in [0.2, 0.25) is 0 Å². The molecule has 0 aromatic carbocycles. The van der Waals surface area contributed by atoms with Crippen molar-refractivity contribution >= 4 is 0 Å². The summed E-state index contributed by atoms with van der Waals surface area (Å²) in [5.74, 6) is -4.93. The Balaban J connectivity index is 3.22. The fraction of sp³-hybridized carbons (Fsp3) is 0.615. The Morgan fingerprint density at radius 3 is 2.26 bits per heavy atom. The van der Waals surface area contributed by atoms with Gasteiger partial charge in [-0.05, 0) is 33.1 Å². The molecule has 0 fully saturated rings. The van der Waals surface area contributed by atoms with E-state index in [9.17, 15) is 13.2 Å². The molecule has 1 heterocycles. The molecule has 6 heteroatoms. The van der Waals surface area contributed by atoms with Crippen LogP contribution >= 0.6 is 0 Å². The standard InChI is InChI=1S/C13H18F3NO2/c1-7(6-18)5-8-9(14)11(19-13(2,3)4)10(15)12(16)17-8/h7,18H,5-6H2,1-4H3/t7-/m1/s1. The molecule has 19 heavy (non-hydrogen) atoms. The average molecular weight is 277 g/mol. The van der Waals surface area contributed by atoms with Crippen molar-refractivity contribution in [3.05, 3.63) is 23.3 Å². The zero-order chi connectivity index (χ0) is 14.8. The third-order valence-electron chi connectivity index (χ3n) is 2.33. The van der Waals surface area contributed by atoms with E-state index in [1.54, 1.807) is 27.7 Å². The zero-order valence-corrected chi connectivity index (χ0v) is 11.4. The van der Waals surface area contributed by atoms with Gasteiger partial charge >= 0.3 is 0 Å². The van der Waals surface area contributed by atoms with Crippen LogP contribution in [0.3, 0.4) is 0 Å². The first-order valence-corrected chi connectivity index (χ1v) is 5.99. The Morgan fingerprint density at radius 2 is 1.79 bits per heavy atom. The number of pyridine rings is 1. The summed E-state index contributed by atoms with van der Waals surface area (Å²) < 4.78 is 46.1. The van der Waals surface area contributed by atoms with Gasteiger partial charge in [-0.25, -0.2) is 9.37 Å². The maximum Gasteiger partial charge on any atom is 0.253 e. The van der Waals surface area contributed by atoms with E-state index in [0.717, 1.165) is 0 Å². The summed E-state index contributed by atoms with van der Waals surface area (Å²) in [6.45, 7) is 6.24. The van der Waals surface area contributed by atoms with Crippen molar-refractivity contribution < 1.29 is 23.0 Å². The first-order chi connectivity index (χ1) is 8.65. The number of hydrogen-bond acceptors (Lipinski definition) is 3. The topological polar surface area (TPSA) is 42.4 Å². The lowest BCUT2D eigenvalue weighted by Gasteiger charge is -2.22. The summed E-state index contributed by atoms with van der Waals surface area (Å²) >= 11 is 0. The summed E-state index contributed by atoms with van der Waals surface area (Å²) in [6.07, 6.45) is 0.0000359. The van der Waals surface area contributed by atoms with Gasteiger partial charge in [-0.2, -0.15) is 8.78 Å². The maximum absolute atomic E-state index is 14.1. The van der Waals surface area contributed by atoms with Gasteiger partial charge < -0.3 is 9.84 Å². The molecular formula is C13H18F3NO2. The highest BCUT2D eigenvalue weighted by Crippen LogP contribution is 2.29. The lowest BCUT2D eigenvalue weighted by Crippen LogP contribution is -2.25. The predicted molar refractivity (Wildman–Crippen MR) is 64.4 cm³/mol. The second-order valence-corrected chi connectivity index (χ2v) is 5.51. The van der Waals surface area contributed by atoms with Gasteiger partial charge in [-0.1, -0.05) is 6.92 Å². The van der Waals surface area contributed by atoms with Gasteiger partial charge in [0.2, 0.25) is 5.82 Å². The van der Waals surface area contributed by atoms with E-state index < -0.39 is 28.9 Å². The molecular weight excluding hydrogens is 259 g/mol. The summed E-state index contributed by atoms with van der Waals surface area (Å²) in [6, 6.07) is 0. The molecule has 0 aliphatic rings. The van der Waals surface area contributed by atoms with Crippen LogP contribution < -0.4 is 4.74 Å². The molecule has 1 N–H and O–H groups in total. The van der Waals surface area contributed by atoms with Crippen molar-refractivity contribution in [1.29, 1.82) is 0 Å². The van der Waals surface area contributed by atoms with E-state index in [1.807, 2.05) is 0 Å². The van der Waals surface area contributed by atoms with Crippen molar-refractivity contribution in [2.45, 2.75) is 39.7 Å². The number of ether oxygens (including phenoxy) is 1. The highest BCUT2D eigenvalue weighted by molar-refractivity contribution is 5.29. The van der Waals surface area contributed by atoms with Crippen LogP contribution in [0.5, 0.6) is 5.75 Å². The first-order valence-electron chi connectivity index (χ1n) is 5.99. The normalized spacial score (nSPS) is 13.5. The third-order valence-corrected chi connectivity index (χ3v) is 2.33. The minimum absolute atomic E-state index is 0.0000359. The second kappa shape index (κ2) is 5.77. The third kappa shape index (κ3) is 4.09. The number of nitrogens with zero attached hydrogens (tertiary/aromatic N) is 1. The summed E-state index contributed by atoms with van der Waals surface area (Å²) in [4.78, 5) is 3.24. The predicted octanol–water partition coefficient (Wildman–Crippen LogP) is 2.85. The maximum atomic E-state index is 14.1. The molecule has 0 saturated carbocycles. The molecule has 3 nitrogen and oxygen atoms in total. The number of halogens is 3. The van der Waals surface area contributed by atoms with Crippen LogP contribution in [0.15, 0.2) is 0 Å². The van der Waals surface area contributed by atoms with E-state index in [1.165, 1.54) is 0 Å². The molecule has 1 aromatic rings. The average Bonchev–Trinajstić information content (AvgIpc) is 2.30. The number of rotatable bonds is 4. The van der Waals surface area contributed by atoms with Crippen LogP contribution in [0.1, 0.15) is 33.4 Å². The Bertz CT molecular complexity index is 458. The lowest BCUT2D eigenvalue weighted by molar-refractivity contribution is 0.114. The number of aliphatic hydroxyl groups excluding tert-OH is 1. The van der Waals surface area contributed by atoms with E-state index in [0.29, 0.717) is 0 Å². The van der Waals surface area contributed by atoms with Crippen LogP contribution in [0, 0.1) is 23.5 Å². The van der Waals surface area contributed by atoms with Crippen molar-refractivity contribution in [2.24, 2.45) is 5.92 Å². The van der Waals surface area contributed by atoms with E-state index in [2.05, 4.69) is 4.98 Å². The largest absolute Gasteiger partial charge is 0.482 e. The molecule has 0 bridgehead atoms. The number of aliphatic hydroxyl groups is 1. The van der Waals surface area contributed by atoms with Gasteiger partial charge in [0.25, 0.3) is 5.95 Å². The number of hydrogen-bond donors (Lipinski definition) is 1. The van der Waals surface area contributed by atoms with Gasteiger partial charge in [0.05, 0.1) is 5.69 Å². The number of aromatic nitrogens is 1. The fourth-order valence-electron chi connectivity index (χ4n) is 1.46. The first kappa shape index (κ1) is 15.8. The molecule has 0 amide bonds. The molecule has 0 radical (unpaired) electrons. The quantitative estimate of drug-likeness (QED) is 0.860. The van der Waals surface area contributed by atoms with Gasteiger partial charge in [0.15, 0.2) is 11.6 Å². The van der Waals surface area contributed by atoms with E-state index in [-0.39, 0.29) is 24.6 Å². The second-order valence-electron chi connectivity index (χ2n) is 5.51. The molecule has 0 aliphatic carbocycles. The van der Waals surface area contributed by atoms with Crippen molar-refractivity contribution in [3.63, 3.8) is 0 Å². The Hall–Kier alpha value is -1.30. The van der Waals surface area contributed by atoms with E-state index >= 15 is 0 Å². The Morgan fingerprint density at radius 1 is 1.21 bits per heavy atom. The van der Waals surface area contributed by atoms with Crippen molar-refractivity contribution in [2.75, 3.05) is 6.61 Å². The van der Waals surface area contributed by atoms with Crippen LogP contribution in [0.4, 0.5) is 13.2 Å². The van der Waals surface area contributed by atoms with Gasteiger partial charge in [0.1, 0.15) is 5.60 Å². The lowest BCUT2D eigenvalue weighted by atomic mass is 10.1. The van der Waals surface area contributed by atoms with Gasteiger partial charge in [-0.3, -0.25) is 0 Å². The smallest absolute Gasteiger partial charge is 0.253 e. The SMILES string of the molecule is C[C@@H](CO)Cc1nc(F)c(F)c(OC(C)(C)C)c1F. The fourth-order valence-corrected chi connectivity index (χ4v) is 1.46. The molecule has 0 aliphatic heterocycles. The van der Waals surface area contributed by atoms with Gasteiger partial charge in [0, 0.05) is 6.61 Å². The molecule has 0 unspecified atom stereocenters. The minimum atomic E-state index is -1.44. The molecule has 1 atom stereocenters. The van der Waals surface area contributed by atoms with Crippen molar-refractivity contribution in [1.82, 2.24) is 4.98 Å². The Labute approximate surface area is 110 Å². The zero-order valence-electron chi connectivity index (χ0n) is 11.4. The van der Waals surface area contributed by atoms with Crippen LogP contribution in [-0.2, 0) is 6.42 Å². The molecule has 0 spiro atoms. The molecule has 0 saturated heterocycles. The molecule has 108 valence electrons. The van der Waals surface area contributed by atoms with Crippen LogP contribution in [0.25, 0.3) is 0 Å². The summed E-state index contributed by atoms with van der Waals surface area (Å²) in [5, 5.41) is 8.92. The minimum Gasteiger partial charge on any atom is -0.482 e. The highest BCUT2D eigenvalue weighted by Gasteiger charge is 2.26. The van der Waals surface area contributed by atoms with E-state index in [4.69, 9.17) is 9.84 Å². The summed E-state index contributed by atoms with van der Waals surface area (Å²) in [5.41, 5.74) is -1.12. The Kier molecular flexibility index (Phi) is 4.79. The monoisotopic (exact) mass is 277 g/mol. The van der Waals surface area contributed by atoms with Crippen LogP contribution in [-0.4, -0.2) is 22.3 Å². The highest BCUT2D eigenvalue weighted by atomic mass is 19.2. The van der Waals surface area contributed by atoms with Crippen molar-refractivity contribution in [3.8, 4) is 5.75 Å². The molecule has 1 aromatic heterocycles. The molecule has 1 rings (SSSR count). The van der Waals surface area contributed by atoms with Gasteiger partial charge in [-0.15, -0.1) is 0 Å².